The standard InChI is InChI=1S/C17H17F3N4O3/c18-17(19,20)11-3-7-13(8-4-11)24(16(22)26)12-5-1-10(2-6-12)9-14(21)15(25)23-27/h1-8,14,27H,9,21H2,(H2,22,26)(H,23,25)/t14-/m0/s1. The third kappa shape index (κ3) is 4.96. The van der Waals surface area contributed by atoms with Gasteiger partial charge in [-0.05, 0) is 48.4 Å². The van der Waals surface area contributed by atoms with Crippen LogP contribution in [0.1, 0.15) is 11.1 Å². The molecule has 0 aromatic heterocycles. The van der Waals surface area contributed by atoms with Crippen LogP contribution >= 0.6 is 0 Å². The van der Waals surface area contributed by atoms with E-state index in [0.29, 0.717) is 11.3 Å². The molecule has 0 spiro atoms. The van der Waals surface area contributed by atoms with Gasteiger partial charge in [-0.15, -0.1) is 0 Å². The number of primary amides is 1. The van der Waals surface area contributed by atoms with Crippen molar-refractivity contribution in [3.8, 4) is 0 Å². The molecule has 0 radical (unpaired) electrons. The summed E-state index contributed by atoms with van der Waals surface area (Å²) < 4.78 is 38.0. The monoisotopic (exact) mass is 382 g/mol. The molecule has 0 bridgehead atoms. The van der Waals surface area contributed by atoms with E-state index in [9.17, 15) is 22.8 Å². The van der Waals surface area contributed by atoms with E-state index in [0.717, 1.165) is 29.2 Å². The fourth-order valence-electron chi connectivity index (χ4n) is 2.41. The minimum absolute atomic E-state index is 0.128. The maximum Gasteiger partial charge on any atom is 0.416 e. The van der Waals surface area contributed by atoms with Gasteiger partial charge in [-0.25, -0.2) is 10.3 Å². The normalized spacial score (nSPS) is 12.3. The van der Waals surface area contributed by atoms with Gasteiger partial charge in [-0.3, -0.25) is 14.9 Å². The molecule has 2 aromatic rings. The molecule has 2 aromatic carbocycles. The topological polar surface area (TPSA) is 122 Å². The molecule has 0 fully saturated rings. The molecule has 6 N–H and O–H groups in total. The number of alkyl halides is 3. The maximum atomic E-state index is 12.7. The lowest BCUT2D eigenvalue weighted by molar-refractivity contribution is -0.137. The Kier molecular flexibility index (Phi) is 6.03. The van der Waals surface area contributed by atoms with E-state index in [1.165, 1.54) is 17.6 Å². The SMILES string of the molecule is NC(=O)N(c1ccc(C[C@H](N)C(=O)NO)cc1)c1ccc(C(F)(F)F)cc1. The van der Waals surface area contributed by atoms with Gasteiger partial charge < -0.3 is 11.5 Å². The molecule has 0 unspecified atom stereocenters. The number of amides is 3. The van der Waals surface area contributed by atoms with Crippen LogP contribution in [0.25, 0.3) is 0 Å². The van der Waals surface area contributed by atoms with Gasteiger partial charge in [0.2, 0.25) is 0 Å². The van der Waals surface area contributed by atoms with Gasteiger partial charge in [0, 0.05) is 0 Å². The van der Waals surface area contributed by atoms with E-state index < -0.39 is 29.7 Å². The highest BCUT2D eigenvalue weighted by molar-refractivity contribution is 5.98. The quantitative estimate of drug-likeness (QED) is 0.468. The lowest BCUT2D eigenvalue weighted by Gasteiger charge is -2.21. The second-order valence-electron chi connectivity index (χ2n) is 5.67. The number of carbonyl (C=O) groups is 2. The molecule has 144 valence electrons. The number of hydroxylamine groups is 1. The van der Waals surface area contributed by atoms with Gasteiger partial charge in [0.25, 0.3) is 5.91 Å². The van der Waals surface area contributed by atoms with Crippen LogP contribution in [0.3, 0.4) is 0 Å². The Morgan fingerprint density at radius 3 is 1.93 bits per heavy atom. The summed E-state index contributed by atoms with van der Waals surface area (Å²) in [6, 6.07) is 8.34. The van der Waals surface area contributed by atoms with Crippen molar-refractivity contribution in [3.05, 3.63) is 59.7 Å². The number of nitrogens with one attached hydrogen (secondary N) is 1. The van der Waals surface area contributed by atoms with Crippen molar-refractivity contribution >= 4 is 23.3 Å². The molecule has 3 amide bonds. The lowest BCUT2D eigenvalue weighted by Crippen LogP contribution is -2.40. The number of hydrogen-bond donors (Lipinski definition) is 4. The molecule has 1 atom stereocenters. The van der Waals surface area contributed by atoms with Crippen LogP contribution in [-0.4, -0.2) is 23.2 Å². The molecule has 0 aliphatic carbocycles. The lowest BCUT2D eigenvalue weighted by atomic mass is 10.1. The molecule has 0 saturated carbocycles. The Hall–Kier alpha value is -3.11. The number of urea groups is 1. The van der Waals surface area contributed by atoms with E-state index in [-0.39, 0.29) is 12.1 Å². The van der Waals surface area contributed by atoms with Gasteiger partial charge in [0.15, 0.2) is 0 Å². The first-order valence-corrected chi connectivity index (χ1v) is 7.68. The third-order valence-corrected chi connectivity index (χ3v) is 3.77. The molecule has 0 aliphatic rings. The summed E-state index contributed by atoms with van der Waals surface area (Å²) in [5.74, 6) is -0.748. The first kappa shape index (κ1) is 20.2. The average molecular weight is 382 g/mol. The molecule has 27 heavy (non-hydrogen) atoms. The number of benzene rings is 2. The third-order valence-electron chi connectivity index (χ3n) is 3.77. The first-order chi connectivity index (χ1) is 12.6. The highest BCUT2D eigenvalue weighted by atomic mass is 19.4. The van der Waals surface area contributed by atoms with Crippen molar-refractivity contribution in [1.29, 1.82) is 0 Å². The predicted molar refractivity (Wildman–Crippen MR) is 91.2 cm³/mol. The van der Waals surface area contributed by atoms with Crippen molar-refractivity contribution in [2.75, 3.05) is 4.90 Å². The van der Waals surface area contributed by atoms with E-state index in [2.05, 4.69) is 0 Å². The molecular formula is C17H17F3N4O3. The molecule has 7 nitrogen and oxygen atoms in total. The second kappa shape index (κ2) is 8.06. The summed E-state index contributed by atoms with van der Waals surface area (Å²) in [5, 5.41) is 8.55. The fourth-order valence-corrected chi connectivity index (χ4v) is 2.41. The Bertz CT molecular complexity index is 808. The van der Waals surface area contributed by atoms with Crippen LogP contribution in [0.5, 0.6) is 0 Å². The molecule has 2 rings (SSSR count). The first-order valence-electron chi connectivity index (χ1n) is 7.68. The number of hydrogen-bond acceptors (Lipinski definition) is 4. The summed E-state index contributed by atoms with van der Waals surface area (Å²) in [4.78, 5) is 24.1. The van der Waals surface area contributed by atoms with Crippen molar-refractivity contribution in [2.45, 2.75) is 18.6 Å². The zero-order chi connectivity index (χ0) is 20.2. The van der Waals surface area contributed by atoms with Crippen molar-refractivity contribution in [3.63, 3.8) is 0 Å². The number of halogens is 3. The Labute approximate surface area is 152 Å². The fraction of sp³-hybridized carbons (Fsp3) is 0.176. The second-order valence-corrected chi connectivity index (χ2v) is 5.67. The number of anilines is 2. The summed E-state index contributed by atoms with van der Waals surface area (Å²) in [7, 11) is 0. The molecule has 0 aliphatic heterocycles. The minimum atomic E-state index is -4.49. The highest BCUT2D eigenvalue weighted by Crippen LogP contribution is 2.32. The minimum Gasteiger partial charge on any atom is -0.351 e. The van der Waals surface area contributed by atoms with Crippen LogP contribution in [0.2, 0.25) is 0 Å². The van der Waals surface area contributed by atoms with Gasteiger partial charge >= 0.3 is 12.2 Å². The van der Waals surface area contributed by atoms with Crippen molar-refractivity contribution in [1.82, 2.24) is 5.48 Å². The number of nitrogens with zero attached hydrogens (tertiary/aromatic N) is 1. The smallest absolute Gasteiger partial charge is 0.351 e. The Morgan fingerprint density at radius 2 is 1.52 bits per heavy atom. The van der Waals surface area contributed by atoms with Gasteiger partial charge in [0.1, 0.15) is 0 Å². The maximum absolute atomic E-state index is 12.7. The van der Waals surface area contributed by atoms with Crippen LogP contribution in [0.15, 0.2) is 48.5 Å². The number of rotatable bonds is 5. The van der Waals surface area contributed by atoms with Gasteiger partial charge in [-0.1, -0.05) is 12.1 Å². The summed E-state index contributed by atoms with van der Waals surface area (Å²) >= 11 is 0. The highest BCUT2D eigenvalue weighted by Gasteiger charge is 2.30. The Balaban J connectivity index is 2.24. The van der Waals surface area contributed by atoms with E-state index >= 15 is 0 Å². The molecule has 0 saturated heterocycles. The van der Waals surface area contributed by atoms with Gasteiger partial charge in [-0.2, -0.15) is 13.2 Å². The van der Waals surface area contributed by atoms with Crippen molar-refractivity contribution < 1.29 is 28.0 Å². The zero-order valence-electron chi connectivity index (χ0n) is 13.9. The number of carbonyl (C=O) groups excluding carboxylic acids is 2. The van der Waals surface area contributed by atoms with E-state index in [1.54, 1.807) is 12.1 Å². The molecule has 10 heteroatoms. The summed E-state index contributed by atoms with van der Waals surface area (Å²) in [6.07, 6.45) is -4.36. The van der Waals surface area contributed by atoms with Gasteiger partial charge in [0.05, 0.1) is 23.0 Å². The van der Waals surface area contributed by atoms with E-state index in [4.69, 9.17) is 16.7 Å². The predicted octanol–water partition coefficient (Wildman–Crippen LogP) is 2.30. The van der Waals surface area contributed by atoms with Crippen LogP contribution in [0, 0.1) is 0 Å². The summed E-state index contributed by atoms with van der Waals surface area (Å²) in [6.45, 7) is 0. The molecule has 0 heterocycles. The molecular weight excluding hydrogens is 365 g/mol. The van der Waals surface area contributed by atoms with Crippen LogP contribution < -0.4 is 21.8 Å². The summed E-state index contributed by atoms with van der Waals surface area (Å²) in [5.41, 5.74) is 12.7. The van der Waals surface area contributed by atoms with Crippen molar-refractivity contribution in [2.24, 2.45) is 11.5 Å². The Morgan fingerprint density at radius 1 is 1.04 bits per heavy atom. The average Bonchev–Trinajstić information content (AvgIpc) is 2.62. The number of nitrogens with two attached hydrogens (primary N) is 2. The largest absolute Gasteiger partial charge is 0.416 e. The zero-order valence-corrected chi connectivity index (χ0v) is 13.9. The van der Waals surface area contributed by atoms with Crippen LogP contribution in [0.4, 0.5) is 29.3 Å². The van der Waals surface area contributed by atoms with E-state index in [1.807, 2.05) is 0 Å². The van der Waals surface area contributed by atoms with Crippen LogP contribution in [-0.2, 0) is 17.4 Å².